The van der Waals surface area contributed by atoms with Crippen LogP contribution in [-0.4, -0.2) is 12.8 Å². The van der Waals surface area contributed by atoms with Gasteiger partial charge < -0.3 is 5.32 Å². The molecule has 1 nitrogen and oxygen atoms in total. The second kappa shape index (κ2) is 6.12. The Morgan fingerprint density at radius 2 is 2.12 bits per heavy atom. The summed E-state index contributed by atoms with van der Waals surface area (Å²) < 4.78 is 38.5. The third-order valence-corrected chi connectivity index (χ3v) is 3.11. The monoisotopic (exact) mass is 261 g/mol. The van der Waals surface area contributed by atoms with Crippen molar-refractivity contribution in [1.82, 2.24) is 5.32 Å². The molecule has 0 fully saturated rings. The van der Waals surface area contributed by atoms with Crippen LogP contribution in [0.5, 0.6) is 0 Å². The molecule has 0 unspecified atom stereocenters. The van der Waals surface area contributed by atoms with E-state index in [1.54, 1.807) is 19.2 Å². The zero-order valence-corrected chi connectivity index (χ0v) is 10.3. The maximum absolute atomic E-state index is 12.8. The van der Waals surface area contributed by atoms with E-state index in [2.05, 4.69) is 11.9 Å². The molecule has 94 valence electrons. The highest BCUT2D eigenvalue weighted by molar-refractivity contribution is 7.99. The summed E-state index contributed by atoms with van der Waals surface area (Å²) in [7, 11) is 1.63. The van der Waals surface area contributed by atoms with Crippen molar-refractivity contribution < 1.29 is 13.2 Å². The fourth-order valence-corrected chi connectivity index (χ4v) is 2.08. The molecule has 1 rings (SSSR count). The topological polar surface area (TPSA) is 12.0 Å². The van der Waals surface area contributed by atoms with Gasteiger partial charge in [-0.15, -0.1) is 18.3 Å². The summed E-state index contributed by atoms with van der Waals surface area (Å²) in [6, 6.07) is 4.42. The molecule has 0 aliphatic heterocycles. The molecule has 0 radical (unpaired) electrons. The number of alkyl halides is 3. The molecule has 0 spiro atoms. The molecule has 0 atom stereocenters. The van der Waals surface area contributed by atoms with E-state index in [-0.39, 0.29) is 12.1 Å². The molecule has 1 aromatic carbocycles. The normalized spacial score (nSPS) is 11.5. The van der Waals surface area contributed by atoms with Gasteiger partial charge in [0.25, 0.3) is 0 Å². The maximum atomic E-state index is 12.8. The number of benzene rings is 1. The Morgan fingerprint density at radius 1 is 1.41 bits per heavy atom. The van der Waals surface area contributed by atoms with Crippen molar-refractivity contribution >= 4 is 11.8 Å². The van der Waals surface area contributed by atoms with Crippen LogP contribution < -0.4 is 5.32 Å². The van der Waals surface area contributed by atoms with Crippen molar-refractivity contribution in [2.75, 3.05) is 12.8 Å². The second-order valence-corrected chi connectivity index (χ2v) is 4.54. The molecule has 0 amide bonds. The first-order valence-electron chi connectivity index (χ1n) is 5.07. The number of hydrogen-bond donors (Lipinski definition) is 1. The summed E-state index contributed by atoms with van der Waals surface area (Å²) in [6.45, 7) is 3.75. The van der Waals surface area contributed by atoms with E-state index in [4.69, 9.17) is 0 Å². The minimum Gasteiger partial charge on any atom is -0.316 e. The van der Waals surface area contributed by atoms with Gasteiger partial charge in [0.1, 0.15) is 0 Å². The zero-order valence-electron chi connectivity index (χ0n) is 9.47. The number of nitrogens with one attached hydrogen (secondary N) is 1. The minimum atomic E-state index is -4.31. The third-order valence-electron chi connectivity index (χ3n) is 2.12. The second-order valence-electron chi connectivity index (χ2n) is 3.45. The molecule has 0 saturated heterocycles. The van der Waals surface area contributed by atoms with Gasteiger partial charge in [0.2, 0.25) is 0 Å². The summed E-state index contributed by atoms with van der Waals surface area (Å²) in [5, 5.41) is 2.74. The highest BCUT2D eigenvalue weighted by Gasteiger charge is 2.33. The average Bonchev–Trinajstić information content (AvgIpc) is 2.26. The van der Waals surface area contributed by atoms with Crippen LogP contribution in [0.25, 0.3) is 0 Å². The predicted molar refractivity (Wildman–Crippen MR) is 65.1 cm³/mol. The van der Waals surface area contributed by atoms with Crippen molar-refractivity contribution in [3.8, 4) is 0 Å². The Kier molecular flexibility index (Phi) is 5.08. The maximum Gasteiger partial charge on any atom is 0.416 e. The summed E-state index contributed by atoms with van der Waals surface area (Å²) in [5.41, 5.74) is -0.302. The highest BCUT2D eigenvalue weighted by Crippen LogP contribution is 2.34. The number of rotatable bonds is 5. The molecule has 1 aromatic rings. The Balaban J connectivity index is 3.05. The molecular weight excluding hydrogens is 247 g/mol. The molecule has 0 heterocycles. The largest absolute Gasteiger partial charge is 0.416 e. The lowest BCUT2D eigenvalue weighted by Crippen LogP contribution is -2.14. The van der Waals surface area contributed by atoms with Crippen LogP contribution in [0.3, 0.4) is 0 Å². The number of thioether (sulfide) groups is 1. The molecule has 0 bridgehead atoms. The lowest BCUT2D eigenvalue weighted by atomic mass is 10.1. The SMILES string of the molecule is C=CCSc1ccc(CNC)c(C(F)(F)F)c1. The van der Waals surface area contributed by atoms with Gasteiger partial charge in [-0.25, -0.2) is 0 Å². The zero-order chi connectivity index (χ0) is 12.9. The van der Waals surface area contributed by atoms with Gasteiger partial charge in [-0.2, -0.15) is 13.2 Å². The van der Waals surface area contributed by atoms with Gasteiger partial charge in [0.15, 0.2) is 0 Å². The molecule has 1 N–H and O–H groups in total. The van der Waals surface area contributed by atoms with Crippen LogP contribution in [0.1, 0.15) is 11.1 Å². The molecule has 0 aliphatic rings. The molecule has 17 heavy (non-hydrogen) atoms. The van der Waals surface area contributed by atoms with E-state index in [0.717, 1.165) is 0 Å². The number of hydrogen-bond acceptors (Lipinski definition) is 2. The van der Waals surface area contributed by atoms with Crippen LogP contribution in [0.4, 0.5) is 13.2 Å². The fraction of sp³-hybridized carbons (Fsp3) is 0.333. The minimum absolute atomic E-state index is 0.210. The lowest BCUT2D eigenvalue weighted by molar-refractivity contribution is -0.138. The van der Waals surface area contributed by atoms with E-state index in [9.17, 15) is 13.2 Å². The van der Waals surface area contributed by atoms with E-state index in [1.165, 1.54) is 23.9 Å². The lowest BCUT2D eigenvalue weighted by Gasteiger charge is -2.14. The Morgan fingerprint density at radius 3 is 2.65 bits per heavy atom. The standard InChI is InChI=1S/C12H14F3NS/c1-3-6-17-10-5-4-9(8-16-2)11(7-10)12(13,14)15/h3-5,7,16H,1,6,8H2,2H3. The van der Waals surface area contributed by atoms with E-state index < -0.39 is 11.7 Å². The van der Waals surface area contributed by atoms with Gasteiger partial charge in [-0.1, -0.05) is 12.1 Å². The Labute approximate surface area is 103 Å². The fourth-order valence-electron chi connectivity index (χ4n) is 1.41. The number of halogens is 3. The predicted octanol–water partition coefficient (Wildman–Crippen LogP) is 3.70. The molecule has 5 heteroatoms. The van der Waals surface area contributed by atoms with E-state index >= 15 is 0 Å². The molecule has 0 saturated carbocycles. The van der Waals surface area contributed by atoms with Crippen molar-refractivity contribution in [2.45, 2.75) is 17.6 Å². The van der Waals surface area contributed by atoms with Gasteiger partial charge in [-0.05, 0) is 24.7 Å². The van der Waals surface area contributed by atoms with Gasteiger partial charge >= 0.3 is 6.18 Å². The summed E-state index contributed by atoms with van der Waals surface area (Å²) >= 11 is 1.34. The summed E-state index contributed by atoms with van der Waals surface area (Å²) in [5.74, 6) is 0.600. The first kappa shape index (κ1) is 14.1. The van der Waals surface area contributed by atoms with Crippen LogP contribution in [0.15, 0.2) is 35.7 Å². The van der Waals surface area contributed by atoms with Gasteiger partial charge in [-0.3, -0.25) is 0 Å². The van der Waals surface area contributed by atoms with Crippen LogP contribution in [0.2, 0.25) is 0 Å². The van der Waals surface area contributed by atoms with Gasteiger partial charge in [0, 0.05) is 17.2 Å². The smallest absolute Gasteiger partial charge is 0.316 e. The Bertz CT molecular complexity index is 388. The highest BCUT2D eigenvalue weighted by atomic mass is 32.2. The quantitative estimate of drug-likeness (QED) is 0.640. The van der Waals surface area contributed by atoms with Crippen LogP contribution >= 0.6 is 11.8 Å². The van der Waals surface area contributed by atoms with Gasteiger partial charge in [0.05, 0.1) is 5.56 Å². The average molecular weight is 261 g/mol. The van der Waals surface area contributed by atoms with Crippen molar-refractivity contribution in [3.05, 3.63) is 42.0 Å². The van der Waals surface area contributed by atoms with E-state index in [0.29, 0.717) is 10.6 Å². The summed E-state index contributed by atoms with van der Waals surface area (Å²) in [6.07, 6.45) is -2.64. The molecule has 0 aromatic heterocycles. The van der Waals surface area contributed by atoms with Crippen LogP contribution in [-0.2, 0) is 12.7 Å². The van der Waals surface area contributed by atoms with Crippen molar-refractivity contribution in [2.24, 2.45) is 0 Å². The molecular formula is C12H14F3NS. The summed E-state index contributed by atoms with van der Waals surface area (Å²) in [4.78, 5) is 0.608. The molecule has 0 aliphatic carbocycles. The van der Waals surface area contributed by atoms with Crippen molar-refractivity contribution in [1.29, 1.82) is 0 Å². The van der Waals surface area contributed by atoms with E-state index in [1.807, 2.05) is 0 Å². The van der Waals surface area contributed by atoms with Crippen molar-refractivity contribution in [3.63, 3.8) is 0 Å². The third kappa shape index (κ3) is 4.09. The first-order valence-corrected chi connectivity index (χ1v) is 6.06. The Hall–Kier alpha value is -0.940. The first-order chi connectivity index (χ1) is 7.99. The van der Waals surface area contributed by atoms with Crippen LogP contribution in [0, 0.1) is 0 Å².